The van der Waals surface area contributed by atoms with E-state index >= 15 is 0 Å². The second-order valence-electron chi connectivity index (χ2n) is 6.13. The highest BCUT2D eigenvalue weighted by molar-refractivity contribution is 9.10. The van der Waals surface area contributed by atoms with Crippen molar-refractivity contribution in [3.8, 4) is 0 Å². The van der Waals surface area contributed by atoms with Gasteiger partial charge in [0.2, 0.25) is 0 Å². The fraction of sp³-hybridized carbons (Fsp3) is 0.0476. The highest BCUT2D eigenvalue weighted by Crippen LogP contribution is 2.31. The van der Waals surface area contributed by atoms with Crippen LogP contribution in [0, 0.1) is 0 Å². The Balaban J connectivity index is 1.69. The number of fused-ring (bicyclic) bond motifs is 1. The maximum atomic E-state index is 13.1. The fourth-order valence-corrected chi connectivity index (χ4v) is 3.28. The summed E-state index contributed by atoms with van der Waals surface area (Å²) in [6.45, 7) is 0. The molecule has 5 nitrogen and oxygen atoms in total. The number of para-hydroxylation sites is 1. The molecule has 0 saturated carbocycles. The number of hydrazine groups is 1. The van der Waals surface area contributed by atoms with Crippen LogP contribution in [0.5, 0.6) is 0 Å². The van der Waals surface area contributed by atoms with Gasteiger partial charge in [0.1, 0.15) is 6.17 Å². The number of carbonyl (C=O) groups is 2. The first-order chi connectivity index (χ1) is 13.1. The molecule has 0 unspecified atom stereocenters. The van der Waals surface area contributed by atoms with Crippen molar-refractivity contribution >= 4 is 33.4 Å². The number of carbonyl (C=O) groups excluding carboxylic acids is 2. The summed E-state index contributed by atoms with van der Waals surface area (Å²) in [5.41, 5.74) is 5.36. The van der Waals surface area contributed by atoms with Gasteiger partial charge in [0.25, 0.3) is 11.8 Å². The summed E-state index contributed by atoms with van der Waals surface area (Å²) in [6, 6.07) is 23.8. The minimum atomic E-state index is -0.506. The van der Waals surface area contributed by atoms with Crippen molar-refractivity contribution in [1.29, 1.82) is 0 Å². The molecule has 1 heterocycles. The molecular weight excluding hydrogens is 406 g/mol. The SMILES string of the molecule is O=C(NN1C(=O)c2ccccc2N[C@H]1c1ccccc1)c1ccc(Br)cc1. The van der Waals surface area contributed by atoms with Crippen LogP contribution in [0.3, 0.4) is 0 Å². The van der Waals surface area contributed by atoms with Gasteiger partial charge in [0, 0.05) is 15.7 Å². The summed E-state index contributed by atoms with van der Waals surface area (Å²) in [4.78, 5) is 25.8. The average molecular weight is 422 g/mol. The number of amides is 2. The number of nitrogens with one attached hydrogen (secondary N) is 2. The van der Waals surface area contributed by atoms with E-state index in [4.69, 9.17) is 0 Å². The van der Waals surface area contributed by atoms with E-state index in [-0.39, 0.29) is 11.8 Å². The summed E-state index contributed by atoms with van der Waals surface area (Å²) < 4.78 is 0.880. The first-order valence-corrected chi connectivity index (χ1v) is 9.23. The van der Waals surface area contributed by atoms with E-state index < -0.39 is 6.17 Å². The second kappa shape index (κ2) is 7.25. The van der Waals surface area contributed by atoms with Crippen molar-refractivity contribution < 1.29 is 9.59 Å². The Morgan fingerprint density at radius 3 is 2.33 bits per heavy atom. The largest absolute Gasteiger partial charge is 0.359 e. The Hall–Kier alpha value is -3.12. The molecule has 1 aliphatic heterocycles. The fourth-order valence-electron chi connectivity index (χ4n) is 3.01. The molecule has 3 aromatic rings. The van der Waals surface area contributed by atoms with Gasteiger partial charge in [-0.05, 0) is 42.0 Å². The lowest BCUT2D eigenvalue weighted by atomic mass is 10.0. The Labute approximate surface area is 165 Å². The molecule has 1 aliphatic rings. The lowest BCUT2D eigenvalue weighted by Crippen LogP contribution is -2.52. The van der Waals surface area contributed by atoms with Gasteiger partial charge in [0.05, 0.1) is 5.56 Å². The number of nitrogens with zero attached hydrogens (tertiary/aromatic N) is 1. The van der Waals surface area contributed by atoms with Gasteiger partial charge < -0.3 is 5.32 Å². The molecule has 1 atom stereocenters. The third-order valence-electron chi connectivity index (χ3n) is 4.37. The van der Waals surface area contributed by atoms with Gasteiger partial charge in [-0.3, -0.25) is 15.0 Å². The average Bonchev–Trinajstić information content (AvgIpc) is 2.71. The first kappa shape index (κ1) is 17.3. The summed E-state index contributed by atoms with van der Waals surface area (Å²) >= 11 is 3.35. The molecule has 2 N–H and O–H groups in total. The third kappa shape index (κ3) is 3.44. The van der Waals surface area contributed by atoms with Crippen LogP contribution in [0.1, 0.15) is 32.4 Å². The molecule has 6 heteroatoms. The maximum Gasteiger partial charge on any atom is 0.276 e. The molecule has 0 aromatic heterocycles. The van der Waals surface area contributed by atoms with E-state index in [1.54, 1.807) is 36.4 Å². The molecule has 4 rings (SSSR count). The molecule has 0 saturated heterocycles. The third-order valence-corrected chi connectivity index (χ3v) is 4.90. The summed E-state index contributed by atoms with van der Waals surface area (Å²) in [5, 5.41) is 4.69. The van der Waals surface area contributed by atoms with Crippen molar-refractivity contribution in [2.75, 3.05) is 5.32 Å². The van der Waals surface area contributed by atoms with E-state index in [9.17, 15) is 9.59 Å². The molecule has 3 aromatic carbocycles. The second-order valence-corrected chi connectivity index (χ2v) is 7.04. The predicted octanol–water partition coefficient (Wildman–Crippen LogP) is 4.36. The van der Waals surface area contributed by atoms with Gasteiger partial charge in [-0.25, -0.2) is 5.01 Å². The highest BCUT2D eigenvalue weighted by Gasteiger charge is 2.34. The summed E-state index contributed by atoms with van der Waals surface area (Å²) in [7, 11) is 0. The molecule has 27 heavy (non-hydrogen) atoms. The zero-order valence-electron chi connectivity index (χ0n) is 14.2. The van der Waals surface area contributed by atoms with Crippen molar-refractivity contribution in [2.45, 2.75) is 6.17 Å². The van der Waals surface area contributed by atoms with Crippen LogP contribution in [0.4, 0.5) is 5.69 Å². The zero-order chi connectivity index (χ0) is 18.8. The van der Waals surface area contributed by atoms with E-state index in [1.807, 2.05) is 42.5 Å². The van der Waals surface area contributed by atoms with Gasteiger partial charge in [-0.15, -0.1) is 0 Å². The Morgan fingerprint density at radius 1 is 0.926 bits per heavy atom. The number of halogens is 1. The quantitative estimate of drug-likeness (QED) is 0.660. The molecular formula is C21H16BrN3O2. The number of hydrogen-bond donors (Lipinski definition) is 2. The Morgan fingerprint density at radius 2 is 1.59 bits per heavy atom. The van der Waals surface area contributed by atoms with Crippen molar-refractivity contribution in [3.63, 3.8) is 0 Å². The predicted molar refractivity (Wildman–Crippen MR) is 107 cm³/mol. The number of rotatable bonds is 3. The lowest BCUT2D eigenvalue weighted by Gasteiger charge is -2.37. The minimum absolute atomic E-state index is 0.260. The van der Waals surface area contributed by atoms with Crippen LogP contribution in [0.2, 0.25) is 0 Å². The normalized spacial score (nSPS) is 15.7. The lowest BCUT2D eigenvalue weighted by molar-refractivity contribution is 0.0491. The molecule has 0 aliphatic carbocycles. The molecule has 0 radical (unpaired) electrons. The molecule has 134 valence electrons. The molecule has 2 amide bonds. The Kier molecular flexibility index (Phi) is 4.64. The maximum absolute atomic E-state index is 13.1. The van der Waals surface area contributed by atoms with Crippen LogP contribution in [0.25, 0.3) is 0 Å². The number of anilines is 1. The first-order valence-electron chi connectivity index (χ1n) is 8.44. The zero-order valence-corrected chi connectivity index (χ0v) is 15.8. The van der Waals surface area contributed by atoms with Crippen LogP contribution >= 0.6 is 15.9 Å². The van der Waals surface area contributed by atoms with Crippen LogP contribution in [-0.2, 0) is 0 Å². The van der Waals surface area contributed by atoms with Crippen molar-refractivity contribution in [3.05, 3.63) is 100 Å². The smallest absolute Gasteiger partial charge is 0.276 e. The molecule has 0 fully saturated rings. The monoisotopic (exact) mass is 421 g/mol. The van der Waals surface area contributed by atoms with Gasteiger partial charge in [0.15, 0.2) is 0 Å². The summed E-state index contributed by atoms with van der Waals surface area (Å²) in [5.74, 6) is -0.610. The van der Waals surface area contributed by atoms with E-state index in [0.717, 1.165) is 15.7 Å². The van der Waals surface area contributed by atoms with Gasteiger partial charge >= 0.3 is 0 Å². The van der Waals surface area contributed by atoms with E-state index in [1.165, 1.54) is 5.01 Å². The van der Waals surface area contributed by atoms with E-state index in [2.05, 4.69) is 26.7 Å². The minimum Gasteiger partial charge on any atom is -0.359 e. The Bertz CT molecular complexity index is 990. The van der Waals surface area contributed by atoms with Gasteiger partial charge in [-0.2, -0.15) is 0 Å². The van der Waals surface area contributed by atoms with Crippen molar-refractivity contribution in [1.82, 2.24) is 10.4 Å². The molecule has 0 bridgehead atoms. The standard InChI is InChI=1S/C21H16BrN3O2/c22-16-12-10-15(11-13-16)20(26)24-25-19(14-6-2-1-3-7-14)23-18-9-5-4-8-17(18)21(25)27/h1-13,19,23H,(H,24,26)/t19-/m1/s1. The number of benzene rings is 3. The topological polar surface area (TPSA) is 61.4 Å². The van der Waals surface area contributed by atoms with Crippen LogP contribution in [-0.4, -0.2) is 16.8 Å². The highest BCUT2D eigenvalue weighted by atomic mass is 79.9. The van der Waals surface area contributed by atoms with Crippen LogP contribution < -0.4 is 10.7 Å². The molecule has 0 spiro atoms. The van der Waals surface area contributed by atoms with Crippen LogP contribution in [0.15, 0.2) is 83.3 Å². The van der Waals surface area contributed by atoms with Gasteiger partial charge in [-0.1, -0.05) is 58.4 Å². The van der Waals surface area contributed by atoms with Crippen molar-refractivity contribution in [2.24, 2.45) is 0 Å². The number of hydrogen-bond acceptors (Lipinski definition) is 3. The van der Waals surface area contributed by atoms with E-state index in [0.29, 0.717) is 11.1 Å². The summed E-state index contributed by atoms with van der Waals surface area (Å²) in [6.07, 6.45) is -0.506.